The second-order valence-electron chi connectivity index (χ2n) is 6.15. The van der Waals surface area contributed by atoms with Crippen LogP contribution >= 0.6 is 0 Å². The lowest BCUT2D eigenvalue weighted by Crippen LogP contribution is -2.39. The highest BCUT2D eigenvalue weighted by Gasteiger charge is 2.11. The normalized spacial score (nSPS) is 11.7. The molecule has 0 unspecified atom stereocenters. The van der Waals surface area contributed by atoms with Gasteiger partial charge in [-0.3, -0.25) is 9.78 Å². The van der Waals surface area contributed by atoms with E-state index in [-0.39, 0.29) is 24.0 Å². The molecule has 0 radical (unpaired) electrons. The molecule has 0 saturated heterocycles. The summed E-state index contributed by atoms with van der Waals surface area (Å²) < 4.78 is 0. The van der Waals surface area contributed by atoms with Crippen LogP contribution in [-0.4, -0.2) is 23.0 Å². The number of hydrogen-bond acceptors (Lipinski definition) is 3. The third kappa shape index (κ3) is 5.91. The molecule has 0 saturated carbocycles. The number of benzene rings is 1. The zero-order chi connectivity index (χ0) is 18.2. The molecule has 132 valence electrons. The zero-order valence-electron chi connectivity index (χ0n) is 14.7. The summed E-state index contributed by atoms with van der Waals surface area (Å²) in [5.74, 6) is -0.138. The van der Waals surface area contributed by atoms with Crippen molar-refractivity contribution in [2.75, 3.05) is 0 Å². The van der Waals surface area contributed by atoms with Crippen molar-refractivity contribution < 1.29 is 9.59 Å². The molecule has 0 aliphatic carbocycles. The van der Waals surface area contributed by atoms with E-state index < -0.39 is 0 Å². The predicted molar refractivity (Wildman–Crippen MR) is 97.1 cm³/mol. The van der Waals surface area contributed by atoms with E-state index in [4.69, 9.17) is 0 Å². The molecule has 0 bridgehead atoms. The highest BCUT2D eigenvalue weighted by atomic mass is 16.2. The maximum atomic E-state index is 12.3. The van der Waals surface area contributed by atoms with Crippen LogP contribution in [0.25, 0.3) is 0 Å². The number of urea groups is 1. The van der Waals surface area contributed by atoms with E-state index >= 15 is 0 Å². The van der Waals surface area contributed by atoms with Crippen LogP contribution in [0.4, 0.5) is 4.79 Å². The van der Waals surface area contributed by atoms with Crippen LogP contribution in [0.15, 0.2) is 48.8 Å². The molecule has 0 fully saturated rings. The van der Waals surface area contributed by atoms with Crippen molar-refractivity contribution in [1.29, 1.82) is 0 Å². The number of amides is 3. The Balaban J connectivity index is 1.88. The fourth-order valence-electron chi connectivity index (χ4n) is 2.28. The van der Waals surface area contributed by atoms with Gasteiger partial charge in [0.15, 0.2) is 0 Å². The number of pyridine rings is 1. The van der Waals surface area contributed by atoms with Crippen molar-refractivity contribution in [3.8, 4) is 0 Å². The van der Waals surface area contributed by atoms with Gasteiger partial charge in [0.25, 0.3) is 5.91 Å². The first-order chi connectivity index (χ1) is 12.0. The molecule has 2 aromatic rings. The van der Waals surface area contributed by atoms with Gasteiger partial charge >= 0.3 is 6.03 Å². The molecule has 25 heavy (non-hydrogen) atoms. The molecule has 1 heterocycles. The van der Waals surface area contributed by atoms with E-state index in [2.05, 4.69) is 20.9 Å². The maximum Gasteiger partial charge on any atom is 0.315 e. The van der Waals surface area contributed by atoms with Crippen LogP contribution in [-0.2, 0) is 6.54 Å². The number of carbonyl (C=O) groups excluding carboxylic acids is 2. The van der Waals surface area contributed by atoms with E-state index in [0.717, 1.165) is 11.1 Å². The van der Waals surface area contributed by atoms with Gasteiger partial charge in [-0.1, -0.05) is 12.1 Å². The van der Waals surface area contributed by atoms with E-state index in [9.17, 15) is 9.59 Å². The van der Waals surface area contributed by atoms with Gasteiger partial charge in [0.05, 0.1) is 6.04 Å². The van der Waals surface area contributed by atoms with E-state index in [0.29, 0.717) is 12.1 Å². The first kappa shape index (κ1) is 18.4. The lowest BCUT2D eigenvalue weighted by Gasteiger charge is -2.14. The van der Waals surface area contributed by atoms with Gasteiger partial charge in [0.1, 0.15) is 0 Å². The predicted octanol–water partition coefficient (Wildman–Crippen LogP) is 2.78. The Morgan fingerprint density at radius 2 is 1.60 bits per heavy atom. The van der Waals surface area contributed by atoms with Gasteiger partial charge in [-0.25, -0.2) is 4.79 Å². The van der Waals surface area contributed by atoms with Crippen molar-refractivity contribution in [3.05, 3.63) is 65.5 Å². The highest BCUT2D eigenvalue weighted by molar-refractivity contribution is 5.94. The fourth-order valence-corrected chi connectivity index (χ4v) is 2.28. The second kappa shape index (κ2) is 8.82. The summed E-state index contributed by atoms with van der Waals surface area (Å²) >= 11 is 0. The molecule has 0 aliphatic heterocycles. The summed E-state index contributed by atoms with van der Waals surface area (Å²) in [5, 5.41) is 8.49. The quantitative estimate of drug-likeness (QED) is 0.756. The number of rotatable bonds is 6. The Labute approximate surface area is 148 Å². The molecule has 0 aliphatic rings. The molecule has 1 atom stereocenters. The Kier molecular flexibility index (Phi) is 6.51. The molecule has 6 heteroatoms. The summed E-state index contributed by atoms with van der Waals surface area (Å²) in [7, 11) is 0. The SMILES string of the molecule is CC(C)NC(=O)NCc1ccc(C(=O)N[C@@H](C)c2ccncc2)cc1. The maximum absolute atomic E-state index is 12.3. The van der Waals surface area contributed by atoms with Gasteiger partial charge in [-0.2, -0.15) is 0 Å². The lowest BCUT2D eigenvalue weighted by atomic mass is 10.1. The van der Waals surface area contributed by atoms with E-state index in [1.165, 1.54) is 0 Å². The van der Waals surface area contributed by atoms with Crippen molar-refractivity contribution in [2.45, 2.75) is 39.4 Å². The average molecular weight is 340 g/mol. The molecular formula is C19H24N4O2. The Bertz CT molecular complexity index is 699. The fraction of sp³-hybridized carbons (Fsp3) is 0.316. The summed E-state index contributed by atoms with van der Waals surface area (Å²) in [6.45, 7) is 6.15. The highest BCUT2D eigenvalue weighted by Crippen LogP contribution is 2.12. The van der Waals surface area contributed by atoms with Crippen LogP contribution in [0, 0.1) is 0 Å². The van der Waals surface area contributed by atoms with Crippen LogP contribution in [0.5, 0.6) is 0 Å². The first-order valence-corrected chi connectivity index (χ1v) is 8.30. The zero-order valence-corrected chi connectivity index (χ0v) is 14.7. The third-order valence-electron chi connectivity index (χ3n) is 3.64. The smallest absolute Gasteiger partial charge is 0.315 e. The molecule has 3 N–H and O–H groups in total. The third-order valence-corrected chi connectivity index (χ3v) is 3.64. The number of nitrogens with one attached hydrogen (secondary N) is 3. The molecule has 2 rings (SSSR count). The van der Waals surface area contributed by atoms with Crippen molar-refractivity contribution in [3.63, 3.8) is 0 Å². The van der Waals surface area contributed by atoms with E-state index in [1.807, 2.05) is 45.0 Å². The molecule has 3 amide bonds. The molecular weight excluding hydrogens is 316 g/mol. The monoisotopic (exact) mass is 340 g/mol. The minimum absolute atomic E-state index is 0.0912. The van der Waals surface area contributed by atoms with Gasteiger partial charge in [0, 0.05) is 30.5 Å². The second-order valence-corrected chi connectivity index (χ2v) is 6.15. The van der Waals surface area contributed by atoms with Crippen LogP contribution in [0.3, 0.4) is 0 Å². The summed E-state index contributed by atoms with van der Waals surface area (Å²) in [5.41, 5.74) is 2.51. The van der Waals surface area contributed by atoms with Crippen molar-refractivity contribution in [2.24, 2.45) is 0 Å². The van der Waals surface area contributed by atoms with Gasteiger partial charge in [-0.15, -0.1) is 0 Å². The topological polar surface area (TPSA) is 83.1 Å². The van der Waals surface area contributed by atoms with Crippen molar-refractivity contribution in [1.82, 2.24) is 20.9 Å². The summed E-state index contributed by atoms with van der Waals surface area (Å²) in [6, 6.07) is 10.7. The molecule has 6 nitrogen and oxygen atoms in total. The average Bonchev–Trinajstić information content (AvgIpc) is 2.60. The van der Waals surface area contributed by atoms with E-state index in [1.54, 1.807) is 24.5 Å². The lowest BCUT2D eigenvalue weighted by molar-refractivity contribution is 0.0940. The van der Waals surface area contributed by atoms with Gasteiger partial charge in [0.2, 0.25) is 0 Å². The van der Waals surface area contributed by atoms with Crippen molar-refractivity contribution >= 4 is 11.9 Å². The Morgan fingerprint density at radius 1 is 0.960 bits per heavy atom. The Hall–Kier alpha value is -2.89. The van der Waals surface area contributed by atoms with Gasteiger partial charge < -0.3 is 16.0 Å². The number of nitrogens with zero attached hydrogens (tertiary/aromatic N) is 1. The van der Waals surface area contributed by atoms with Crippen LogP contribution in [0.1, 0.15) is 48.3 Å². The standard InChI is InChI=1S/C19H24N4O2/c1-13(2)22-19(25)21-12-15-4-6-17(7-5-15)18(24)23-14(3)16-8-10-20-11-9-16/h4-11,13-14H,12H2,1-3H3,(H,23,24)(H2,21,22,25)/t14-/m0/s1. The number of hydrogen-bond donors (Lipinski definition) is 3. The number of carbonyl (C=O) groups is 2. The summed E-state index contributed by atoms with van der Waals surface area (Å²) in [6.07, 6.45) is 3.41. The Morgan fingerprint density at radius 3 is 2.20 bits per heavy atom. The minimum Gasteiger partial charge on any atom is -0.346 e. The van der Waals surface area contributed by atoms with Crippen LogP contribution < -0.4 is 16.0 Å². The number of aromatic nitrogens is 1. The summed E-state index contributed by atoms with van der Waals surface area (Å²) in [4.78, 5) is 27.9. The largest absolute Gasteiger partial charge is 0.346 e. The molecule has 0 spiro atoms. The molecule has 1 aromatic carbocycles. The molecule has 1 aromatic heterocycles. The first-order valence-electron chi connectivity index (χ1n) is 8.30. The minimum atomic E-state index is -0.206. The van der Waals surface area contributed by atoms with Crippen LogP contribution in [0.2, 0.25) is 0 Å². The van der Waals surface area contributed by atoms with Gasteiger partial charge in [-0.05, 0) is 56.2 Å².